The quantitative estimate of drug-likeness (QED) is 0.587. The summed E-state index contributed by atoms with van der Waals surface area (Å²) < 4.78 is 46.5. The highest BCUT2D eigenvalue weighted by molar-refractivity contribution is 7.89. The number of sulfonamides is 1. The van der Waals surface area contributed by atoms with E-state index >= 15 is 0 Å². The van der Waals surface area contributed by atoms with Crippen LogP contribution in [0.25, 0.3) is 0 Å². The van der Waals surface area contributed by atoms with Crippen LogP contribution in [0.15, 0.2) is 76.2 Å². The molecule has 0 spiro atoms. The molecule has 1 amide bonds. The van der Waals surface area contributed by atoms with Crippen LogP contribution in [0.1, 0.15) is 41.6 Å². The number of carbonyl (C=O) groups is 1. The van der Waals surface area contributed by atoms with Gasteiger partial charge in [0.1, 0.15) is 22.5 Å². The first-order chi connectivity index (χ1) is 14.4. The summed E-state index contributed by atoms with van der Waals surface area (Å²) in [5.74, 6) is -0.923. The monoisotopic (exact) mass is 430 g/mol. The summed E-state index contributed by atoms with van der Waals surface area (Å²) in [4.78, 5) is 12.4. The molecule has 158 valence electrons. The summed E-state index contributed by atoms with van der Waals surface area (Å²) in [6, 6.07) is 15.4. The molecule has 1 atom stereocenters. The SMILES string of the molecule is CCN(CC)S(=O)(=O)c1cc(C(=O)NC(c2ccccc2)c2ccco2)ccc1F. The van der Waals surface area contributed by atoms with Crippen LogP contribution >= 0.6 is 0 Å². The van der Waals surface area contributed by atoms with Crippen LogP contribution < -0.4 is 5.32 Å². The maximum absolute atomic E-state index is 14.4. The zero-order valence-electron chi connectivity index (χ0n) is 16.7. The van der Waals surface area contributed by atoms with E-state index in [1.807, 2.05) is 30.3 Å². The van der Waals surface area contributed by atoms with Gasteiger partial charge in [0.15, 0.2) is 0 Å². The number of nitrogens with zero attached hydrogens (tertiary/aromatic N) is 1. The normalized spacial score (nSPS) is 12.7. The summed E-state index contributed by atoms with van der Waals surface area (Å²) in [6.07, 6.45) is 1.50. The molecule has 3 aromatic rings. The number of carbonyl (C=O) groups excluding carboxylic acids is 1. The lowest BCUT2D eigenvalue weighted by atomic mass is 10.0. The summed E-state index contributed by atoms with van der Waals surface area (Å²) in [5.41, 5.74) is 0.827. The second-order valence-electron chi connectivity index (χ2n) is 6.57. The Kier molecular flexibility index (Phi) is 6.69. The van der Waals surface area contributed by atoms with Gasteiger partial charge in [-0.2, -0.15) is 4.31 Å². The lowest BCUT2D eigenvalue weighted by molar-refractivity contribution is 0.0938. The lowest BCUT2D eigenvalue weighted by Gasteiger charge is -2.20. The van der Waals surface area contributed by atoms with Gasteiger partial charge in [-0.3, -0.25) is 4.79 Å². The highest BCUT2D eigenvalue weighted by Gasteiger charge is 2.27. The number of nitrogens with one attached hydrogen (secondary N) is 1. The number of hydrogen-bond acceptors (Lipinski definition) is 4. The van der Waals surface area contributed by atoms with Crippen LogP contribution in [-0.2, 0) is 10.0 Å². The molecule has 6 nitrogen and oxygen atoms in total. The Hall–Kier alpha value is -2.97. The minimum atomic E-state index is -4.05. The number of hydrogen-bond donors (Lipinski definition) is 1. The molecule has 30 heavy (non-hydrogen) atoms. The Morgan fingerprint density at radius 1 is 1.07 bits per heavy atom. The third kappa shape index (κ3) is 4.44. The molecule has 0 aliphatic rings. The van der Waals surface area contributed by atoms with Crippen LogP contribution in [0.2, 0.25) is 0 Å². The predicted octanol–water partition coefficient (Wildman–Crippen LogP) is 3.97. The van der Waals surface area contributed by atoms with Crippen LogP contribution in [-0.4, -0.2) is 31.7 Å². The fraction of sp³-hybridized carbons (Fsp3) is 0.227. The van der Waals surface area contributed by atoms with Crippen molar-refractivity contribution in [2.75, 3.05) is 13.1 Å². The van der Waals surface area contributed by atoms with Crippen molar-refractivity contribution in [3.05, 3.63) is 89.6 Å². The molecule has 8 heteroatoms. The molecule has 1 unspecified atom stereocenters. The van der Waals surface area contributed by atoms with E-state index in [1.165, 1.54) is 12.3 Å². The summed E-state index contributed by atoms with van der Waals surface area (Å²) in [5, 5.41) is 2.84. The van der Waals surface area contributed by atoms with Crippen molar-refractivity contribution in [2.24, 2.45) is 0 Å². The van der Waals surface area contributed by atoms with E-state index in [4.69, 9.17) is 4.42 Å². The summed E-state index contributed by atoms with van der Waals surface area (Å²) in [6.45, 7) is 3.74. The average Bonchev–Trinajstić information content (AvgIpc) is 3.28. The van der Waals surface area contributed by atoms with E-state index in [-0.39, 0.29) is 18.7 Å². The van der Waals surface area contributed by atoms with Crippen molar-refractivity contribution in [1.29, 1.82) is 0 Å². The van der Waals surface area contributed by atoms with Crippen molar-refractivity contribution in [3.8, 4) is 0 Å². The van der Waals surface area contributed by atoms with Crippen molar-refractivity contribution in [3.63, 3.8) is 0 Å². The molecule has 0 fully saturated rings. The van der Waals surface area contributed by atoms with Gasteiger partial charge < -0.3 is 9.73 Å². The van der Waals surface area contributed by atoms with E-state index in [0.717, 1.165) is 22.0 Å². The lowest BCUT2D eigenvalue weighted by Crippen LogP contribution is -2.32. The Morgan fingerprint density at radius 3 is 2.37 bits per heavy atom. The Labute approximate surface area is 175 Å². The molecule has 0 radical (unpaired) electrons. The Balaban J connectivity index is 1.95. The molecule has 0 aliphatic heterocycles. The molecule has 1 aromatic heterocycles. The van der Waals surface area contributed by atoms with E-state index < -0.39 is 32.7 Å². The number of benzene rings is 2. The summed E-state index contributed by atoms with van der Waals surface area (Å²) >= 11 is 0. The molecule has 0 saturated heterocycles. The van der Waals surface area contributed by atoms with Crippen molar-refractivity contribution < 1.29 is 22.0 Å². The van der Waals surface area contributed by atoms with Gasteiger partial charge in [-0.1, -0.05) is 44.2 Å². The first-order valence-electron chi connectivity index (χ1n) is 9.57. The van der Waals surface area contributed by atoms with Crippen LogP contribution in [0.5, 0.6) is 0 Å². The third-order valence-electron chi connectivity index (χ3n) is 4.75. The van der Waals surface area contributed by atoms with Gasteiger partial charge in [-0.25, -0.2) is 12.8 Å². The van der Waals surface area contributed by atoms with Crippen molar-refractivity contribution >= 4 is 15.9 Å². The number of furan rings is 1. The molecule has 0 saturated carbocycles. The number of rotatable bonds is 8. The zero-order chi connectivity index (χ0) is 21.7. The highest BCUT2D eigenvalue weighted by Crippen LogP contribution is 2.24. The summed E-state index contributed by atoms with van der Waals surface area (Å²) in [7, 11) is -4.05. The van der Waals surface area contributed by atoms with Gasteiger partial charge in [-0.05, 0) is 35.9 Å². The van der Waals surface area contributed by atoms with E-state index in [0.29, 0.717) is 5.76 Å². The maximum Gasteiger partial charge on any atom is 0.252 e. The Bertz CT molecular complexity index is 1100. The van der Waals surface area contributed by atoms with Gasteiger partial charge in [0.05, 0.1) is 6.26 Å². The minimum Gasteiger partial charge on any atom is -0.467 e. The second-order valence-corrected chi connectivity index (χ2v) is 8.47. The third-order valence-corrected chi connectivity index (χ3v) is 6.82. The molecule has 0 bridgehead atoms. The standard InChI is InChI=1S/C22H23FN2O4S/c1-3-25(4-2)30(27,28)20-15-17(12-13-18(20)23)22(26)24-21(19-11-8-14-29-19)16-9-6-5-7-10-16/h5-15,21H,3-4H2,1-2H3,(H,24,26). The van der Waals surface area contributed by atoms with E-state index in [1.54, 1.807) is 26.0 Å². The largest absolute Gasteiger partial charge is 0.467 e. The van der Waals surface area contributed by atoms with Crippen LogP contribution in [0, 0.1) is 5.82 Å². The van der Waals surface area contributed by atoms with E-state index in [2.05, 4.69) is 5.32 Å². The predicted molar refractivity (Wildman–Crippen MR) is 111 cm³/mol. The molecule has 1 heterocycles. The van der Waals surface area contributed by atoms with Gasteiger partial charge in [-0.15, -0.1) is 0 Å². The molecule has 3 rings (SSSR count). The van der Waals surface area contributed by atoms with Crippen LogP contribution in [0.3, 0.4) is 0 Å². The first kappa shape index (κ1) is 21.7. The number of halogens is 1. The fourth-order valence-corrected chi connectivity index (χ4v) is 4.73. The van der Waals surface area contributed by atoms with E-state index in [9.17, 15) is 17.6 Å². The average molecular weight is 431 g/mol. The maximum atomic E-state index is 14.4. The molecule has 0 aliphatic carbocycles. The van der Waals surface area contributed by atoms with Gasteiger partial charge >= 0.3 is 0 Å². The van der Waals surface area contributed by atoms with Crippen LogP contribution in [0.4, 0.5) is 4.39 Å². The topological polar surface area (TPSA) is 79.6 Å². The molecular weight excluding hydrogens is 407 g/mol. The van der Waals surface area contributed by atoms with Gasteiger partial charge in [0.2, 0.25) is 10.0 Å². The van der Waals surface area contributed by atoms with Crippen molar-refractivity contribution in [1.82, 2.24) is 9.62 Å². The second kappa shape index (κ2) is 9.23. The molecule has 2 aromatic carbocycles. The minimum absolute atomic E-state index is 0.0367. The fourth-order valence-electron chi connectivity index (χ4n) is 3.18. The van der Waals surface area contributed by atoms with Gasteiger partial charge in [0, 0.05) is 18.7 Å². The number of amides is 1. The highest BCUT2D eigenvalue weighted by atomic mass is 32.2. The first-order valence-corrected chi connectivity index (χ1v) is 11.0. The molecule has 1 N–H and O–H groups in total. The van der Waals surface area contributed by atoms with Crippen molar-refractivity contribution in [2.45, 2.75) is 24.8 Å². The molecular formula is C22H23FN2O4S. The van der Waals surface area contributed by atoms with Gasteiger partial charge in [0.25, 0.3) is 5.91 Å². The smallest absolute Gasteiger partial charge is 0.252 e. The zero-order valence-corrected chi connectivity index (χ0v) is 17.5. The Morgan fingerprint density at radius 2 is 1.77 bits per heavy atom.